The molecule has 2 N–H and O–H groups in total. The van der Waals surface area contributed by atoms with E-state index in [1.165, 1.54) is 11.1 Å². The molecule has 0 aliphatic heterocycles. The Bertz CT molecular complexity index is 403. The van der Waals surface area contributed by atoms with Gasteiger partial charge in [0, 0.05) is 6.04 Å². The highest BCUT2D eigenvalue weighted by Crippen LogP contribution is 2.16. The third-order valence-electron chi connectivity index (χ3n) is 2.54. The zero-order chi connectivity index (χ0) is 10.7. The van der Waals surface area contributed by atoms with Crippen LogP contribution in [0.4, 0.5) is 0 Å². The van der Waals surface area contributed by atoms with Crippen molar-refractivity contribution in [2.75, 3.05) is 0 Å². The monoisotopic (exact) mass is 201 g/mol. The van der Waals surface area contributed by atoms with Gasteiger partial charge >= 0.3 is 0 Å². The van der Waals surface area contributed by atoms with Crippen molar-refractivity contribution in [2.45, 2.75) is 19.4 Å². The van der Waals surface area contributed by atoms with Crippen molar-refractivity contribution in [2.24, 2.45) is 5.73 Å². The Morgan fingerprint density at radius 2 is 1.93 bits per heavy atom. The quantitative estimate of drug-likeness (QED) is 0.829. The van der Waals surface area contributed by atoms with Crippen LogP contribution in [0.25, 0.3) is 0 Å². The van der Waals surface area contributed by atoms with E-state index in [0.717, 1.165) is 12.0 Å². The molecular formula is C13H15NO. The van der Waals surface area contributed by atoms with E-state index in [2.05, 4.69) is 31.2 Å². The maximum Gasteiger partial charge on any atom is 0.0935 e. The number of hydrogen-bond acceptors (Lipinski definition) is 2. The summed E-state index contributed by atoms with van der Waals surface area (Å²) in [7, 11) is 0. The third kappa shape index (κ3) is 2.48. The van der Waals surface area contributed by atoms with Crippen LogP contribution < -0.4 is 5.73 Å². The van der Waals surface area contributed by atoms with Crippen molar-refractivity contribution in [3.05, 3.63) is 59.5 Å². The molecule has 1 aromatic carbocycles. The molecule has 78 valence electrons. The highest BCUT2D eigenvalue weighted by molar-refractivity contribution is 5.25. The van der Waals surface area contributed by atoms with Crippen molar-refractivity contribution >= 4 is 0 Å². The van der Waals surface area contributed by atoms with E-state index < -0.39 is 0 Å². The van der Waals surface area contributed by atoms with E-state index in [-0.39, 0.29) is 6.04 Å². The summed E-state index contributed by atoms with van der Waals surface area (Å²) in [5, 5.41) is 0. The molecule has 1 heterocycles. The van der Waals surface area contributed by atoms with Crippen molar-refractivity contribution in [3.63, 3.8) is 0 Å². The highest BCUT2D eigenvalue weighted by Gasteiger charge is 2.07. The fourth-order valence-corrected chi connectivity index (χ4v) is 1.59. The average Bonchev–Trinajstić information content (AvgIpc) is 2.71. The van der Waals surface area contributed by atoms with Gasteiger partial charge in [-0.3, -0.25) is 0 Å². The Labute approximate surface area is 89.7 Å². The molecule has 0 bridgehead atoms. The number of benzene rings is 1. The predicted molar refractivity (Wildman–Crippen MR) is 60.5 cm³/mol. The normalized spacial score (nSPS) is 12.7. The Kier molecular flexibility index (Phi) is 2.88. The summed E-state index contributed by atoms with van der Waals surface area (Å²) >= 11 is 0. The van der Waals surface area contributed by atoms with Gasteiger partial charge in [0.1, 0.15) is 0 Å². The average molecular weight is 201 g/mol. The molecule has 1 aromatic heterocycles. The molecule has 2 heteroatoms. The van der Waals surface area contributed by atoms with E-state index >= 15 is 0 Å². The third-order valence-corrected chi connectivity index (χ3v) is 2.54. The lowest BCUT2D eigenvalue weighted by Crippen LogP contribution is -2.12. The zero-order valence-corrected chi connectivity index (χ0v) is 8.81. The summed E-state index contributed by atoms with van der Waals surface area (Å²) in [6, 6.07) is 10.3. The van der Waals surface area contributed by atoms with Crippen LogP contribution in [0.3, 0.4) is 0 Å². The molecule has 2 aromatic rings. The molecule has 15 heavy (non-hydrogen) atoms. The minimum absolute atomic E-state index is 0.0446. The Morgan fingerprint density at radius 3 is 2.53 bits per heavy atom. The second-order valence-electron chi connectivity index (χ2n) is 3.85. The Balaban J connectivity index is 2.08. The van der Waals surface area contributed by atoms with Crippen LogP contribution in [0.5, 0.6) is 0 Å². The lowest BCUT2D eigenvalue weighted by molar-refractivity contribution is 0.561. The molecule has 0 aliphatic carbocycles. The fourth-order valence-electron chi connectivity index (χ4n) is 1.59. The maximum absolute atomic E-state index is 6.09. The van der Waals surface area contributed by atoms with Crippen LogP contribution in [0.2, 0.25) is 0 Å². The molecule has 0 saturated carbocycles. The van der Waals surface area contributed by atoms with Gasteiger partial charge in [0.25, 0.3) is 0 Å². The van der Waals surface area contributed by atoms with Gasteiger partial charge in [-0.1, -0.05) is 29.8 Å². The van der Waals surface area contributed by atoms with Crippen molar-refractivity contribution in [1.29, 1.82) is 0 Å². The Morgan fingerprint density at radius 1 is 1.20 bits per heavy atom. The SMILES string of the molecule is Cc1ccc(C(N)Cc2ccoc2)cc1. The minimum Gasteiger partial charge on any atom is -0.472 e. The van der Waals surface area contributed by atoms with E-state index in [0.29, 0.717) is 0 Å². The molecule has 2 nitrogen and oxygen atoms in total. The number of nitrogens with two attached hydrogens (primary N) is 1. The fraction of sp³-hybridized carbons (Fsp3) is 0.231. The van der Waals surface area contributed by atoms with Crippen molar-refractivity contribution < 1.29 is 4.42 Å². The first-order valence-corrected chi connectivity index (χ1v) is 5.09. The maximum atomic E-state index is 6.09. The van der Waals surface area contributed by atoms with Gasteiger partial charge in [0.2, 0.25) is 0 Å². The molecule has 0 radical (unpaired) electrons. The molecule has 0 aliphatic rings. The number of aryl methyl sites for hydroxylation is 1. The summed E-state index contributed by atoms with van der Waals surface area (Å²) in [6.07, 6.45) is 4.24. The van der Waals surface area contributed by atoms with Crippen LogP contribution in [0.1, 0.15) is 22.7 Å². The van der Waals surface area contributed by atoms with Gasteiger partial charge in [0.15, 0.2) is 0 Å². The van der Waals surface area contributed by atoms with Gasteiger partial charge in [0.05, 0.1) is 12.5 Å². The van der Waals surface area contributed by atoms with Crippen LogP contribution in [0.15, 0.2) is 47.3 Å². The van der Waals surface area contributed by atoms with Crippen LogP contribution >= 0.6 is 0 Å². The zero-order valence-electron chi connectivity index (χ0n) is 8.81. The standard InChI is InChI=1S/C13H15NO/c1-10-2-4-12(5-3-10)13(14)8-11-6-7-15-9-11/h2-7,9,13H,8,14H2,1H3. The van der Waals surface area contributed by atoms with E-state index in [9.17, 15) is 0 Å². The Hall–Kier alpha value is -1.54. The van der Waals surface area contributed by atoms with E-state index in [4.69, 9.17) is 10.2 Å². The van der Waals surface area contributed by atoms with Crippen LogP contribution in [0, 0.1) is 6.92 Å². The molecule has 1 unspecified atom stereocenters. The number of furan rings is 1. The largest absolute Gasteiger partial charge is 0.472 e. The molecule has 0 fully saturated rings. The minimum atomic E-state index is 0.0446. The molecule has 0 saturated heterocycles. The number of hydrogen-bond donors (Lipinski definition) is 1. The second kappa shape index (κ2) is 4.32. The van der Waals surface area contributed by atoms with Gasteiger partial charge < -0.3 is 10.2 Å². The first kappa shape index (κ1) is 9.99. The summed E-state index contributed by atoms with van der Waals surface area (Å²) in [4.78, 5) is 0. The molecular weight excluding hydrogens is 186 g/mol. The lowest BCUT2D eigenvalue weighted by atomic mass is 10.0. The molecule has 2 rings (SSSR count). The van der Waals surface area contributed by atoms with E-state index in [1.807, 2.05) is 6.07 Å². The summed E-state index contributed by atoms with van der Waals surface area (Å²) in [6.45, 7) is 2.07. The summed E-state index contributed by atoms with van der Waals surface area (Å²) in [5.41, 5.74) is 9.66. The molecule has 0 spiro atoms. The van der Waals surface area contributed by atoms with Crippen molar-refractivity contribution in [3.8, 4) is 0 Å². The van der Waals surface area contributed by atoms with Gasteiger partial charge in [-0.2, -0.15) is 0 Å². The topological polar surface area (TPSA) is 39.2 Å². The highest BCUT2D eigenvalue weighted by atomic mass is 16.3. The lowest BCUT2D eigenvalue weighted by Gasteiger charge is -2.10. The van der Waals surface area contributed by atoms with Crippen LogP contribution in [-0.2, 0) is 6.42 Å². The van der Waals surface area contributed by atoms with Gasteiger partial charge in [-0.05, 0) is 30.5 Å². The first-order valence-electron chi connectivity index (χ1n) is 5.09. The molecule has 1 atom stereocenters. The van der Waals surface area contributed by atoms with Crippen molar-refractivity contribution in [1.82, 2.24) is 0 Å². The molecule has 0 amide bonds. The predicted octanol–water partition coefficient (Wildman–Crippen LogP) is 2.83. The van der Waals surface area contributed by atoms with E-state index in [1.54, 1.807) is 12.5 Å². The first-order chi connectivity index (χ1) is 7.25. The van der Waals surface area contributed by atoms with Crippen LogP contribution in [-0.4, -0.2) is 0 Å². The van der Waals surface area contributed by atoms with Gasteiger partial charge in [-0.25, -0.2) is 0 Å². The van der Waals surface area contributed by atoms with Gasteiger partial charge in [-0.15, -0.1) is 0 Å². The second-order valence-corrected chi connectivity index (χ2v) is 3.85. The summed E-state index contributed by atoms with van der Waals surface area (Å²) in [5.74, 6) is 0. The number of rotatable bonds is 3. The smallest absolute Gasteiger partial charge is 0.0935 e. The summed E-state index contributed by atoms with van der Waals surface area (Å²) < 4.78 is 5.01.